The van der Waals surface area contributed by atoms with Crippen LogP contribution in [0.5, 0.6) is 11.5 Å². The Balaban J connectivity index is 1.39. The summed E-state index contributed by atoms with van der Waals surface area (Å²) in [6.07, 6.45) is 0.879. The number of para-hydroxylation sites is 2. The topological polar surface area (TPSA) is 73.6 Å². The average Bonchev–Trinajstić information content (AvgIpc) is 3.22. The maximum absolute atomic E-state index is 12.4. The van der Waals surface area contributed by atoms with Gasteiger partial charge in [-0.2, -0.15) is 0 Å². The van der Waals surface area contributed by atoms with Gasteiger partial charge in [-0.3, -0.25) is 4.79 Å². The second kappa shape index (κ2) is 8.69. The molecule has 1 aromatic heterocycles. The number of hydrogen-bond acceptors (Lipinski definition) is 5. The van der Waals surface area contributed by atoms with Crippen LogP contribution < -0.4 is 14.8 Å². The van der Waals surface area contributed by atoms with E-state index in [4.69, 9.17) is 13.9 Å². The number of amides is 1. The van der Waals surface area contributed by atoms with E-state index in [9.17, 15) is 4.79 Å². The predicted octanol–water partition coefficient (Wildman–Crippen LogP) is 5.08. The Morgan fingerprint density at radius 2 is 1.80 bits per heavy atom. The standard InChI is InChI=1S/C24H22N2O4/c1-28-19-12-13-21(29-2)17(15-19)9-14-23(27)25-18-10-7-16(8-11-18)24-26-20-5-3-4-6-22(20)30-24/h3-8,10-13,15H,9,14H2,1-2H3,(H,25,27). The molecule has 152 valence electrons. The molecule has 0 aliphatic rings. The second-order valence-electron chi connectivity index (χ2n) is 6.79. The lowest BCUT2D eigenvalue weighted by Crippen LogP contribution is -2.12. The number of hydrogen-bond donors (Lipinski definition) is 1. The van der Waals surface area contributed by atoms with E-state index < -0.39 is 0 Å². The number of aromatic nitrogens is 1. The number of carbonyl (C=O) groups is 1. The molecular formula is C24H22N2O4. The molecule has 4 rings (SSSR count). The van der Waals surface area contributed by atoms with Crippen LogP contribution in [0.1, 0.15) is 12.0 Å². The summed E-state index contributed by atoms with van der Waals surface area (Å²) in [5.74, 6) is 1.96. The number of aryl methyl sites for hydroxylation is 1. The molecule has 0 aliphatic heterocycles. The van der Waals surface area contributed by atoms with Crippen LogP contribution >= 0.6 is 0 Å². The van der Waals surface area contributed by atoms with Crippen LogP contribution in [0.15, 0.2) is 71.1 Å². The van der Waals surface area contributed by atoms with Gasteiger partial charge in [-0.15, -0.1) is 0 Å². The van der Waals surface area contributed by atoms with Gasteiger partial charge < -0.3 is 19.2 Å². The lowest BCUT2D eigenvalue weighted by molar-refractivity contribution is -0.116. The summed E-state index contributed by atoms with van der Waals surface area (Å²) in [6.45, 7) is 0. The maximum Gasteiger partial charge on any atom is 0.227 e. The van der Waals surface area contributed by atoms with Crippen molar-refractivity contribution in [2.75, 3.05) is 19.5 Å². The number of carbonyl (C=O) groups excluding carboxylic acids is 1. The van der Waals surface area contributed by atoms with Crippen LogP contribution in [0, 0.1) is 0 Å². The van der Waals surface area contributed by atoms with E-state index >= 15 is 0 Å². The van der Waals surface area contributed by atoms with Crippen LogP contribution in [0.2, 0.25) is 0 Å². The maximum atomic E-state index is 12.4. The number of nitrogens with one attached hydrogen (secondary N) is 1. The highest BCUT2D eigenvalue weighted by Gasteiger charge is 2.10. The minimum atomic E-state index is -0.0746. The Labute approximate surface area is 174 Å². The van der Waals surface area contributed by atoms with Crippen molar-refractivity contribution in [2.45, 2.75) is 12.8 Å². The summed E-state index contributed by atoms with van der Waals surface area (Å²) in [7, 11) is 3.23. The third-order valence-corrected chi connectivity index (χ3v) is 4.82. The highest BCUT2D eigenvalue weighted by atomic mass is 16.5. The van der Waals surface area contributed by atoms with Gasteiger partial charge in [0.1, 0.15) is 17.0 Å². The quantitative estimate of drug-likeness (QED) is 0.466. The Kier molecular flexibility index (Phi) is 5.66. The molecule has 6 heteroatoms. The molecular weight excluding hydrogens is 380 g/mol. The molecule has 0 saturated heterocycles. The predicted molar refractivity (Wildman–Crippen MR) is 116 cm³/mol. The number of rotatable bonds is 7. The molecule has 1 N–H and O–H groups in total. The van der Waals surface area contributed by atoms with E-state index in [2.05, 4.69) is 10.3 Å². The molecule has 0 spiro atoms. The minimum Gasteiger partial charge on any atom is -0.497 e. The van der Waals surface area contributed by atoms with Gasteiger partial charge in [-0.25, -0.2) is 4.98 Å². The van der Waals surface area contributed by atoms with Crippen LogP contribution in [-0.2, 0) is 11.2 Å². The van der Waals surface area contributed by atoms with Crippen molar-refractivity contribution in [3.63, 3.8) is 0 Å². The van der Waals surface area contributed by atoms with Crippen molar-refractivity contribution >= 4 is 22.7 Å². The molecule has 1 heterocycles. The summed E-state index contributed by atoms with van der Waals surface area (Å²) in [5, 5.41) is 2.92. The molecule has 1 amide bonds. The zero-order valence-corrected chi connectivity index (χ0v) is 16.8. The number of oxazole rings is 1. The number of nitrogens with zero attached hydrogens (tertiary/aromatic N) is 1. The Bertz CT molecular complexity index is 1130. The summed E-state index contributed by atoms with van der Waals surface area (Å²) in [6, 6.07) is 20.6. The average molecular weight is 402 g/mol. The Hall–Kier alpha value is -3.80. The summed E-state index contributed by atoms with van der Waals surface area (Å²) in [5.41, 5.74) is 4.07. The van der Waals surface area contributed by atoms with E-state index in [-0.39, 0.29) is 5.91 Å². The number of methoxy groups -OCH3 is 2. The normalized spacial score (nSPS) is 10.7. The van der Waals surface area contributed by atoms with Gasteiger partial charge in [0.2, 0.25) is 11.8 Å². The molecule has 0 aliphatic carbocycles. The van der Waals surface area contributed by atoms with E-state index in [1.54, 1.807) is 14.2 Å². The van der Waals surface area contributed by atoms with Crippen LogP contribution in [0.3, 0.4) is 0 Å². The van der Waals surface area contributed by atoms with Crippen molar-refractivity contribution in [3.8, 4) is 23.0 Å². The number of benzene rings is 3. The fourth-order valence-electron chi connectivity index (χ4n) is 3.24. The first kappa shape index (κ1) is 19.5. The van der Waals surface area contributed by atoms with E-state index in [0.29, 0.717) is 18.7 Å². The fraction of sp³-hybridized carbons (Fsp3) is 0.167. The molecule has 0 atom stereocenters. The van der Waals surface area contributed by atoms with Gasteiger partial charge in [0, 0.05) is 17.7 Å². The minimum absolute atomic E-state index is 0.0746. The van der Waals surface area contributed by atoms with E-state index in [1.807, 2.05) is 66.7 Å². The monoisotopic (exact) mass is 402 g/mol. The molecule has 30 heavy (non-hydrogen) atoms. The van der Waals surface area contributed by atoms with Gasteiger partial charge >= 0.3 is 0 Å². The lowest BCUT2D eigenvalue weighted by atomic mass is 10.1. The molecule has 3 aromatic carbocycles. The van der Waals surface area contributed by atoms with Gasteiger partial charge in [-0.1, -0.05) is 12.1 Å². The third kappa shape index (κ3) is 4.27. The van der Waals surface area contributed by atoms with Gasteiger partial charge in [0.15, 0.2) is 5.58 Å². The van der Waals surface area contributed by atoms with E-state index in [1.165, 1.54) is 0 Å². The van der Waals surface area contributed by atoms with Crippen molar-refractivity contribution in [3.05, 3.63) is 72.3 Å². The summed E-state index contributed by atoms with van der Waals surface area (Å²) < 4.78 is 16.4. The Morgan fingerprint density at radius 1 is 1.00 bits per heavy atom. The first-order valence-electron chi connectivity index (χ1n) is 9.63. The first-order chi connectivity index (χ1) is 14.7. The van der Waals surface area contributed by atoms with Crippen LogP contribution in [0.4, 0.5) is 5.69 Å². The van der Waals surface area contributed by atoms with Gasteiger partial charge in [-0.05, 0) is 66.6 Å². The lowest BCUT2D eigenvalue weighted by Gasteiger charge is -2.11. The molecule has 0 saturated carbocycles. The van der Waals surface area contributed by atoms with Crippen LogP contribution in [-0.4, -0.2) is 25.1 Å². The zero-order chi connectivity index (χ0) is 20.9. The molecule has 4 aromatic rings. The van der Waals surface area contributed by atoms with Gasteiger partial charge in [0.05, 0.1) is 14.2 Å². The summed E-state index contributed by atoms with van der Waals surface area (Å²) >= 11 is 0. The van der Waals surface area contributed by atoms with Crippen molar-refractivity contribution in [1.29, 1.82) is 0 Å². The second-order valence-corrected chi connectivity index (χ2v) is 6.79. The van der Waals surface area contributed by atoms with Crippen LogP contribution in [0.25, 0.3) is 22.6 Å². The molecule has 6 nitrogen and oxygen atoms in total. The molecule has 0 bridgehead atoms. The largest absolute Gasteiger partial charge is 0.497 e. The number of fused-ring (bicyclic) bond motifs is 1. The number of ether oxygens (including phenoxy) is 2. The summed E-state index contributed by atoms with van der Waals surface area (Å²) in [4.78, 5) is 16.9. The van der Waals surface area contributed by atoms with E-state index in [0.717, 1.165) is 39.4 Å². The highest BCUT2D eigenvalue weighted by Crippen LogP contribution is 2.26. The third-order valence-electron chi connectivity index (χ3n) is 4.82. The fourth-order valence-corrected chi connectivity index (χ4v) is 3.24. The SMILES string of the molecule is COc1ccc(OC)c(CCC(=O)Nc2ccc(-c3nc4ccccc4o3)cc2)c1. The molecule has 0 radical (unpaired) electrons. The van der Waals surface area contributed by atoms with Crippen molar-refractivity contribution in [2.24, 2.45) is 0 Å². The smallest absolute Gasteiger partial charge is 0.227 e. The molecule has 0 fully saturated rings. The van der Waals surface area contributed by atoms with Crippen molar-refractivity contribution < 1.29 is 18.7 Å². The highest BCUT2D eigenvalue weighted by molar-refractivity contribution is 5.91. The van der Waals surface area contributed by atoms with Gasteiger partial charge in [0.25, 0.3) is 0 Å². The number of anilines is 1. The Morgan fingerprint density at radius 3 is 2.53 bits per heavy atom. The zero-order valence-electron chi connectivity index (χ0n) is 16.8. The van der Waals surface area contributed by atoms with Crippen molar-refractivity contribution in [1.82, 2.24) is 4.98 Å². The molecule has 0 unspecified atom stereocenters. The first-order valence-corrected chi connectivity index (χ1v) is 9.63.